The second kappa shape index (κ2) is 10.0. The van der Waals surface area contributed by atoms with Gasteiger partial charge in [0, 0.05) is 23.3 Å². The van der Waals surface area contributed by atoms with Crippen molar-refractivity contribution in [1.82, 2.24) is 0 Å². The van der Waals surface area contributed by atoms with Gasteiger partial charge in [-0.15, -0.1) is 0 Å². The van der Waals surface area contributed by atoms with E-state index in [0.29, 0.717) is 24.0 Å². The van der Waals surface area contributed by atoms with Crippen molar-refractivity contribution < 1.29 is 14.3 Å². The van der Waals surface area contributed by atoms with Crippen LogP contribution in [-0.4, -0.2) is 18.8 Å². The van der Waals surface area contributed by atoms with Crippen molar-refractivity contribution in [3.63, 3.8) is 0 Å². The molecule has 0 spiro atoms. The maximum Gasteiger partial charge on any atom is 0.259 e. The molecule has 188 valence electrons. The maximum absolute atomic E-state index is 14.2. The number of fused-ring (bicyclic) bond motifs is 1. The number of hydrogen-bond donors (Lipinski definition) is 1. The molecule has 38 heavy (non-hydrogen) atoms. The molecule has 0 bridgehead atoms. The van der Waals surface area contributed by atoms with Crippen LogP contribution in [0.4, 0.5) is 11.4 Å². The number of rotatable bonds is 4. The Hall–Kier alpha value is -4.64. The first-order chi connectivity index (χ1) is 18.6. The summed E-state index contributed by atoms with van der Waals surface area (Å²) in [7, 11) is 1.65. The third-order valence-electron chi connectivity index (χ3n) is 7.43. The minimum atomic E-state index is -0.556. The minimum Gasteiger partial charge on any atom is -0.497 e. The first kappa shape index (κ1) is 23.7. The second-order valence-electron chi connectivity index (χ2n) is 9.69. The van der Waals surface area contributed by atoms with E-state index < -0.39 is 6.04 Å². The van der Waals surface area contributed by atoms with Gasteiger partial charge in [0.1, 0.15) is 5.75 Å². The number of hydrogen-bond acceptors (Lipinski definition) is 4. The highest BCUT2D eigenvalue weighted by Gasteiger charge is 2.41. The largest absolute Gasteiger partial charge is 0.497 e. The Morgan fingerprint density at radius 3 is 2.16 bits per heavy atom. The van der Waals surface area contributed by atoms with Crippen molar-refractivity contribution in [1.29, 1.82) is 0 Å². The highest BCUT2D eigenvalue weighted by atomic mass is 16.5. The molecule has 5 heteroatoms. The molecule has 1 aliphatic carbocycles. The van der Waals surface area contributed by atoms with Crippen molar-refractivity contribution in [2.24, 2.45) is 0 Å². The Bertz CT molecular complexity index is 1510. The zero-order valence-electron chi connectivity index (χ0n) is 21.1. The van der Waals surface area contributed by atoms with Crippen molar-refractivity contribution in [2.75, 3.05) is 17.3 Å². The fraction of sp³-hybridized carbons (Fsp3) is 0.152. The van der Waals surface area contributed by atoms with E-state index in [2.05, 4.69) is 5.32 Å². The van der Waals surface area contributed by atoms with Crippen LogP contribution in [-0.2, 0) is 4.79 Å². The van der Waals surface area contributed by atoms with E-state index in [-0.39, 0.29) is 17.6 Å². The third kappa shape index (κ3) is 4.26. The van der Waals surface area contributed by atoms with Crippen LogP contribution >= 0.6 is 0 Å². The maximum atomic E-state index is 14.2. The molecule has 0 saturated carbocycles. The summed E-state index contributed by atoms with van der Waals surface area (Å²) < 4.78 is 5.33. The Morgan fingerprint density at radius 1 is 0.789 bits per heavy atom. The summed E-state index contributed by atoms with van der Waals surface area (Å²) in [6.07, 6.45) is 1.04. The average Bonchev–Trinajstić information content (AvgIpc) is 3.12. The number of carbonyl (C=O) groups is 2. The van der Waals surface area contributed by atoms with Gasteiger partial charge < -0.3 is 10.1 Å². The number of carbonyl (C=O) groups excluding carboxylic acids is 2. The van der Waals surface area contributed by atoms with Gasteiger partial charge in [0.25, 0.3) is 5.91 Å². The molecule has 0 radical (unpaired) electrons. The van der Waals surface area contributed by atoms with Gasteiger partial charge >= 0.3 is 0 Å². The lowest BCUT2D eigenvalue weighted by Crippen LogP contribution is -2.38. The average molecular weight is 501 g/mol. The van der Waals surface area contributed by atoms with Gasteiger partial charge in [-0.2, -0.15) is 0 Å². The van der Waals surface area contributed by atoms with E-state index in [0.717, 1.165) is 33.9 Å². The van der Waals surface area contributed by atoms with Crippen LogP contribution in [0, 0.1) is 0 Å². The number of ether oxygens (including phenoxy) is 1. The van der Waals surface area contributed by atoms with Gasteiger partial charge in [-0.25, -0.2) is 0 Å². The van der Waals surface area contributed by atoms with Crippen LogP contribution in [0.2, 0.25) is 0 Å². The lowest BCUT2D eigenvalue weighted by Gasteiger charge is -2.35. The number of nitrogens with one attached hydrogen (secondary N) is 1. The molecule has 5 nitrogen and oxygen atoms in total. The van der Waals surface area contributed by atoms with Crippen molar-refractivity contribution in [3.8, 4) is 5.75 Å². The topological polar surface area (TPSA) is 58.6 Å². The molecular formula is C33H28N2O3. The van der Waals surface area contributed by atoms with Gasteiger partial charge in [-0.1, -0.05) is 72.8 Å². The highest BCUT2D eigenvalue weighted by Crippen LogP contribution is 2.47. The smallest absolute Gasteiger partial charge is 0.259 e. The van der Waals surface area contributed by atoms with E-state index in [1.54, 1.807) is 12.0 Å². The van der Waals surface area contributed by atoms with Gasteiger partial charge in [-0.05, 0) is 59.9 Å². The Morgan fingerprint density at radius 2 is 1.45 bits per heavy atom. The predicted octanol–water partition coefficient (Wildman–Crippen LogP) is 6.91. The summed E-state index contributed by atoms with van der Waals surface area (Å²) >= 11 is 0. The molecule has 0 fully saturated rings. The summed E-state index contributed by atoms with van der Waals surface area (Å²) in [4.78, 5) is 30.0. The minimum absolute atomic E-state index is 0.0274. The van der Waals surface area contributed by atoms with Crippen LogP contribution in [0.1, 0.15) is 46.3 Å². The van der Waals surface area contributed by atoms with Crippen LogP contribution < -0.4 is 15.0 Å². The van der Waals surface area contributed by atoms with E-state index >= 15 is 0 Å². The number of ketones is 1. The number of Topliss-reactive ketones (excluding diaryl/α,β-unsaturated/α-hetero) is 1. The summed E-state index contributed by atoms with van der Waals surface area (Å²) in [5.74, 6) is 0.718. The number of methoxy groups -OCH3 is 1. The monoisotopic (exact) mass is 500 g/mol. The van der Waals surface area contributed by atoms with Crippen LogP contribution in [0.15, 0.2) is 120 Å². The summed E-state index contributed by atoms with van der Waals surface area (Å²) in [6, 6.07) is 34.3. The first-order valence-electron chi connectivity index (χ1n) is 12.8. The lowest BCUT2D eigenvalue weighted by atomic mass is 9.78. The zero-order chi connectivity index (χ0) is 26.1. The number of nitrogens with zero attached hydrogens (tertiary/aromatic N) is 1. The van der Waals surface area contributed by atoms with E-state index in [9.17, 15) is 9.59 Å². The summed E-state index contributed by atoms with van der Waals surface area (Å²) in [5.41, 5.74) is 5.65. The molecular weight excluding hydrogens is 472 g/mol. The standard InChI is InChI=1S/C33H28N2O3/c1-38-26-18-16-22(17-19-26)25-20-28-31(30(36)21-25)32(23-10-4-2-5-11-23)35(29-15-9-8-14-27(29)34-28)33(37)24-12-6-3-7-13-24/h2-19,25,32,34H,20-21H2,1H3/t25-,32-/m1/s1. The Balaban J connectivity index is 1.52. The van der Waals surface area contributed by atoms with Crippen LogP contribution in [0.5, 0.6) is 5.75 Å². The quantitative estimate of drug-likeness (QED) is 0.331. The molecule has 4 aromatic rings. The molecule has 1 aliphatic heterocycles. The highest BCUT2D eigenvalue weighted by molar-refractivity contribution is 6.12. The van der Waals surface area contributed by atoms with Gasteiger partial charge in [0.2, 0.25) is 0 Å². The molecule has 1 N–H and O–H groups in total. The lowest BCUT2D eigenvalue weighted by molar-refractivity contribution is -0.116. The van der Waals surface area contributed by atoms with E-state index in [1.165, 1.54) is 0 Å². The number of para-hydroxylation sites is 2. The number of anilines is 2. The predicted molar refractivity (Wildman–Crippen MR) is 150 cm³/mol. The van der Waals surface area contributed by atoms with Gasteiger partial charge in [0.05, 0.1) is 24.5 Å². The van der Waals surface area contributed by atoms with E-state index in [4.69, 9.17) is 4.74 Å². The molecule has 0 aromatic heterocycles. The van der Waals surface area contributed by atoms with Crippen molar-refractivity contribution >= 4 is 23.1 Å². The number of allylic oxidation sites excluding steroid dienone is 1. The van der Waals surface area contributed by atoms with Crippen molar-refractivity contribution in [2.45, 2.75) is 24.8 Å². The Labute approximate surface area is 222 Å². The zero-order valence-corrected chi connectivity index (χ0v) is 21.1. The number of amides is 1. The van der Waals surface area contributed by atoms with E-state index in [1.807, 2.05) is 109 Å². The normalized spacial score (nSPS) is 18.7. The first-order valence-corrected chi connectivity index (χ1v) is 12.8. The van der Waals surface area contributed by atoms with Crippen molar-refractivity contribution in [3.05, 3.63) is 137 Å². The molecule has 1 heterocycles. The fourth-order valence-corrected chi connectivity index (χ4v) is 5.60. The molecule has 0 unspecified atom stereocenters. The molecule has 2 atom stereocenters. The van der Waals surface area contributed by atoms with Gasteiger partial charge in [0.15, 0.2) is 5.78 Å². The van der Waals surface area contributed by atoms with Gasteiger partial charge in [-0.3, -0.25) is 14.5 Å². The summed E-state index contributed by atoms with van der Waals surface area (Å²) in [6.45, 7) is 0. The summed E-state index contributed by atoms with van der Waals surface area (Å²) in [5, 5.41) is 3.59. The Kier molecular flexibility index (Phi) is 6.26. The fourth-order valence-electron chi connectivity index (χ4n) is 5.60. The van der Waals surface area contributed by atoms with Crippen LogP contribution in [0.25, 0.3) is 0 Å². The second-order valence-corrected chi connectivity index (χ2v) is 9.69. The SMILES string of the molecule is COc1ccc([C@H]2CC(=O)C3=C(C2)Nc2ccccc2N(C(=O)c2ccccc2)[C@@H]3c2ccccc2)cc1. The third-order valence-corrected chi connectivity index (χ3v) is 7.43. The molecule has 0 saturated heterocycles. The van der Waals surface area contributed by atoms with Crippen LogP contribution in [0.3, 0.4) is 0 Å². The number of benzene rings is 4. The molecule has 1 amide bonds. The molecule has 4 aromatic carbocycles. The molecule has 2 aliphatic rings. The molecule has 6 rings (SSSR count).